The number of fused-ring (bicyclic) bond motifs is 2. The van der Waals surface area contributed by atoms with Gasteiger partial charge in [0.25, 0.3) is 0 Å². The van der Waals surface area contributed by atoms with Gasteiger partial charge in [-0.2, -0.15) is 0 Å². The number of unbranched alkanes of at least 4 members (excludes halogenated alkanes) is 2. The van der Waals surface area contributed by atoms with Crippen LogP contribution >= 0.6 is 0 Å². The first-order valence-electron chi connectivity index (χ1n) is 10.2. The fourth-order valence-corrected chi connectivity index (χ4v) is 3.48. The first-order valence-corrected chi connectivity index (χ1v) is 10.2. The lowest BCUT2D eigenvalue weighted by Gasteiger charge is -2.24. The summed E-state index contributed by atoms with van der Waals surface area (Å²) in [6.45, 7) is 6.81. The largest absolute Gasteiger partial charge is 0.349 e. The van der Waals surface area contributed by atoms with E-state index in [0.29, 0.717) is 46.6 Å². The summed E-state index contributed by atoms with van der Waals surface area (Å²) in [4.78, 5) is 26.4. The molecule has 3 rings (SSSR count). The molecule has 29 heavy (non-hydrogen) atoms. The first-order chi connectivity index (χ1) is 14.1. The Morgan fingerprint density at radius 3 is 2.14 bits per heavy atom. The summed E-state index contributed by atoms with van der Waals surface area (Å²) in [5.74, 6) is 6.01. The SMILES string of the molecule is CCCCC#Cc1c(C(OCC)OCC)ccc2c1C(=O)c1ccccc1C2=O. The van der Waals surface area contributed by atoms with Crippen LogP contribution in [0.25, 0.3) is 0 Å². The molecule has 0 saturated heterocycles. The van der Waals surface area contributed by atoms with Crippen LogP contribution < -0.4 is 0 Å². The van der Waals surface area contributed by atoms with Crippen molar-refractivity contribution in [1.29, 1.82) is 0 Å². The van der Waals surface area contributed by atoms with Gasteiger partial charge in [-0.1, -0.05) is 55.5 Å². The number of carbonyl (C=O) groups is 2. The van der Waals surface area contributed by atoms with E-state index in [1.54, 1.807) is 36.4 Å². The van der Waals surface area contributed by atoms with E-state index >= 15 is 0 Å². The molecule has 0 unspecified atom stereocenters. The van der Waals surface area contributed by atoms with Gasteiger partial charge in [0.2, 0.25) is 0 Å². The van der Waals surface area contributed by atoms with Crippen LogP contribution in [0.3, 0.4) is 0 Å². The molecule has 0 atom stereocenters. The Balaban J connectivity index is 2.21. The van der Waals surface area contributed by atoms with Crippen LogP contribution in [-0.4, -0.2) is 24.8 Å². The van der Waals surface area contributed by atoms with Gasteiger partial charge in [-0.15, -0.1) is 0 Å². The minimum Gasteiger partial charge on any atom is -0.349 e. The third-order valence-electron chi connectivity index (χ3n) is 4.88. The van der Waals surface area contributed by atoms with Crippen LogP contribution in [0.5, 0.6) is 0 Å². The van der Waals surface area contributed by atoms with Gasteiger partial charge in [-0.05, 0) is 26.3 Å². The summed E-state index contributed by atoms with van der Waals surface area (Å²) in [5.41, 5.74) is 2.84. The average Bonchev–Trinajstić information content (AvgIpc) is 2.74. The molecular weight excluding hydrogens is 364 g/mol. The fraction of sp³-hybridized carbons (Fsp3) is 0.360. The Labute approximate surface area is 172 Å². The summed E-state index contributed by atoms with van der Waals surface area (Å²) in [7, 11) is 0. The van der Waals surface area contributed by atoms with E-state index in [0.717, 1.165) is 19.3 Å². The van der Waals surface area contributed by atoms with Gasteiger partial charge >= 0.3 is 0 Å². The average molecular weight is 390 g/mol. The Kier molecular flexibility index (Phi) is 6.98. The third-order valence-corrected chi connectivity index (χ3v) is 4.88. The summed E-state index contributed by atoms with van der Waals surface area (Å²) >= 11 is 0. The molecule has 1 aliphatic rings. The maximum atomic E-state index is 13.4. The molecule has 0 spiro atoms. The van der Waals surface area contributed by atoms with Gasteiger partial charge in [0.15, 0.2) is 17.9 Å². The van der Waals surface area contributed by atoms with E-state index in [9.17, 15) is 9.59 Å². The molecule has 0 amide bonds. The highest BCUT2D eigenvalue weighted by molar-refractivity contribution is 6.29. The van der Waals surface area contributed by atoms with Crippen LogP contribution in [0.2, 0.25) is 0 Å². The molecule has 2 aromatic carbocycles. The second-order valence-corrected chi connectivity index (χ2v) is 6.80. The van der Waals surface area contributed by atoms with E-state index < -0.39 is 6.29 Å². The first kappa shape index (κ1) is 21.0. The van der Waals surface area contributed by atoms with Crippen molar-refractivity contribution in [3.63, 3.8) is 0 Å². The van der Waals surface area contributed by atoms with Crippen molar-refractivity contribution >= 4 is 11.6 Å². The maximum Gasteiger partial charge on any atom is 0.195 e. The molecule has 1 aliphatic carbocycles. The number of carbonyl (C=O) groups excluding carboxylic acids is 2. The van der Waals surface area contributed by atoms with Crippen LogP contribution in [0.4, 0.5) is 0 Å². The minimum absolute atomic E-state index is 0.150. The van der Waals surface area contributed by atoms with Crippen molar-refractivity contribution in [2.24, 2.45) is 0 Å². The Morgan fingerprint density at radius 2 is 1.52 bits per heavy atom. The van der Waals surface area contributed by atoms with Gasteiger partial charge < -0.3 is 9.47 Å². The smallest absolute Gasteiger partial charge is 0.195 e. The second-order valence-electron chi connectivity index (χ2n) is 6.80. The molecule has 4 nitrogen and oxygen atoms in total. The van der Waals surface area contributed by atoms with Crippen molar-refractivity contribution in [3.05, 3.63) is 69.8 Å². The topological polar surface area (TPSA) is 52.6 Å². The van der Waals surface area contributed by atoms with Gasteiger partial charge in [0.1, 0.15) is 0 Å². The van der Waals surface area contributed by atoms with E-state index in [1.807, 2.05) is 13.8 Å². The lowest BCUT2D eigenvalue weighted by Crippen LogP contribution is -2.24. The fourth-order valence-electron chi connectivity index (χ4n) is 3.48. The normalized spacial score (nSPS) is 12.4. The summed E-state index contributed by atoms with van der Waals surface area (Å²) in [6, 6.07) is 10.4. The van der Waals surface area contributed by atoms with E-state index in [4.69, 9.17) is 9.47 Å². The molecule has 150 valence electrons. The molecule has 4 heteroatoms. The predicted molar refractivity (Wildman–Crippen MR) is 112 cm³/mol. The monoisotopic (exact) mass is 390 g/mol. The van der Waals surface area contributed by atoms with Gasteiger partial charge in [0.05, 0.1) is 0 Å². The molecule has 0 aromatic heterocycles. The number of rotatable bonds is 7. The number of benzene rings is 2. The van der Waals surface area contributed by atoms with Crippen LogP contribution in [-0.2, 0) is 9.47 Å². The standard InChI is InChI=1S/C25H26O4/c1-4-7-8-9-12-17-20(25(28-5-2)29-6-3)15-16-21-22(17)24(27)19-14-11-10-13-18(19)23(21)26/h10-11,13-16,25H,4-8H2,1-3H3. The van der Waals surface area contributed by atoms with E-state index in [2.05, 4.69) is 18.8 Å². The van der Waals surface area contributed by atoms with Crippen LogP contribution in [0, 0.1) is 11.8 Å². The zero-order valence-corrected chi connectivity index (χ0v) is 17.2. The number of ketones is 2. The summed E-state index contributed by atoms with van der Waals surface area (Å²) in [6.07, 6.45) is 2.12. The molecule has 0 aliphatic heterocycles. The Morgan fingerprint density at radius 1 is 0.862 bits per heavy atom. The molecule has 0 radical (unpaired) electrons. The van der Waals surface area contributed by atoms with E-state index in [-0.39, 0.29) is 11.6 Å². The van der Waals surface area contributed by atoms with Crippen molar-refractivity contribution < 1.29 is 19.1 Å². The molecular formula is C25H26O4. The third kappa shape index (κ3) is 4.17. The van der Waals surface area contributed by atoms with Gasteiger partial charge in [-0.25, -0.2) is 0 Å². The highest BCUT2D eigenvalue weighted by Crippen LogP contribution is 2.34. The lowest BCUT2D eigenvalue weighted by atomic mass is 9.80. The number of ether oxygens (including phenoxy) is 2. The van der Waals surface area contributed by atoms with E-state index in [1.165, 1.54) is 0 Å². The molecule has 0 heterocycles. The molecule has 0 fully saturated rings. The van der Waals surface area contributed by atoms with Gasteiger partial charge in [-0.3, -0.25) is 9.59 Å². The zero-order chi connectivity index (χ0) is 20.8. The van der Waals surface area contributed by atoms with Crippen molar-refractivity contribution in [3.8, 4) is 11.8 Å². The molecule has 0 N–H and O–H groups in total. The predicted octanol–water partition coefficient (Wildman–Crippen LogP) is 5.08. The highest BCUT2D eigenvalue weighted by atomic mass is 16.7. The summed E-state index contributed by atoms with van der Waals surface area (Å²) in [5, 5.41) is 0. The highest BCUT2D eigenvalue weighted by Gasteiger charge is 2.33. The van der Waals surface area contributed by atoms with Gasteiger partial charge in [0, 0.05) is 53.0 Å². The number of hydrogen-bond donors (Lipinski definition) is 0. The lowest BCUT2D eigenvalue weighted by molar-refractivity contribution is -0.140. The van der Waals surface area contributed by atoms with Crippen LogP contribution in [0.15, 0.2) is 36.4 Å². The minimum atomic E-state index is -0.633. The zero-order valence-electron chi connectivity index (χ0n) is 17.2. The molecule has 0 bridgehead atoms. The maximum absolute atomic E-state index is 13.4. The van der Waals surface area contributed by atoms with Crippen molar-refractivity contribution in [2.45, 2.75) is 46.3 Å². The van der Waals surface area contributed by atoms with Crippen LogP contribution in [0.1, 0.15) is 89.3 Å². The number of hydrogen-bond acceptors (Lipinski definition) is 4. The van der Waals surface area contributed by atoms with Crippen molar-refractivity contribution in [2.75, 3.05) is 13.2 Å². The Bertz CT molecular complexity index is 972. The molecule has 2 aromatic rings. The molecule has 0 saturated carbocycles. The quantitative estimate of drug-likeness (QED) is 0.321. The Hall–Kier alpha value is -2.74. The second kappa shape index (κ2) is 9.65. The van der Waals surface area contributed by atoms with Crippen molar-refractivity contribution in [1.82, 2.24) is 0 Å². The summed E-state index contributed by atoms with van der Waals surface area (Å²) < 4.78 is 11.5.